The predicted molar refractivity (Wildman–Crippen MR) is 134 cm³/mol. The number of carbonyl (C=O) groups excluding carboxylic acids is 1. The van der Waals surface area contributed by atoms with E-state index in [9.17, 15) is 4.79 Å². The molecule has 12 atom stereocenters. The number of carbonyl (C=O) groups is 1. The Bertz CT molecular complexity index is 802. The van der Waals surface area contributed by atoms with Crippen LogP contribution >= 0.6 is 11.8 Å². The quantitative estimate of drug-likeness (QED) is 0.445. The van der Waals surface area contributed by atoms with Crippen molar-refractivity contribution in [2.24, 2.45) is 29.6 Å². The summed E-state index contributed by atoms with van der Waals surface area (Å²) in [6.45, 7) is 0. The molecule has 5 saturated carbocycles. The molecule has 0 aromatic heterocycles. The number of hydrogen-bond donors (Lipinski definition) is 0. The first kappa shape index (κ1) is 20.9. The van der Waals surface area contributed by atoms with Crippen molar-refractivity contribution in [3.05, 3.63) is 0 Å². The second-order valence-electron chi connectivity index (χ2n) is 13.4. The fourth-order valence-electron chi connectivity index (χ4n) is 11.3. The molecule has 3 aliphatic heterocycles. The third-order valence-corrected chi connectivity index (χ3v) is 14.0. The molecule has 0 aromatic rings. The Hall–Kier alpha value is -0.220. The molecule has 182 valence electrons. The van der Waals surface area contributed by atoms with Crippen LogP contribution in [-0.2, 0) is 4.79 Å². The van der Waals surface area contributed by atoms with Gasteiger partial charge in [-0.25, -0.2) is 0 Å². The first-order chi connectivity index (χ1) is 16.3. The largest absolute Gasteiger partial charge is 0.333 e. The second kappa shape index (κ2) is 7.89. The lowest BCUT2D eigenvalue weighted by atomic mass is 9.58. The van der Waals surface area contributed by atoms with Crippen molar-refractivity contribution in [1.29, 1.82) is 0 Å². The zero-order chi connectivity index (χ0) is 21.7. The molecule has 3 saturated heterocycles. The maximum Gasteiger partial charge on any atom is 0.226 e. The molecular formula is C29H44N2OS. The molecule has 8 fully saturated rings. The number of piperazine rings is 1. The smallest absolute Gasteiger partial charge is 0.226 e. The Morgan fingerprint density at radius 3 is 2.24 bits per heavy atom. The Morgan fingerprint density at radius 1 is 0.576 bits per heavy atom. The molecule has 0 aromatic carbocycles. The maximum atomic E-state index is 14.2. The van der Waals surface area contributed by atoms with E-state index in [4.69, 9.17) is 0 Å². The summed E-state index contributed by atoms with van der Waals surface area (Å²) in [6.07, 6.45) is 22.5. The van der Waals surface area contributed by atoms with Crippen LogP contribution < -0.4 is 0 Å². The Balaban J connectivity index is 1.24. The van der Waals surface area contributed by atoms with E-state index in [0.717, 1.165) is 40.2 Å². The van der Waals surface area contributed by atoms with E-state index in [1.165, 1.54) is 103 Å². The number of hydrogen-bond acceptors (Lipinski definition) is 3. The first-order valence-corrected chi connectivity index (χ1v) is 16.0. The van der Waals surface area contributed by atoms with E-state index < -0.39 is 0 Å². The maximum absolute atomic E-state index is 14.2. The van der Waals surface area contributed by atoms with Gasteiger partial charge in [-0.1, -0.05) is 44.9 Å². The van der Waals surface area contributed by atoms with E-state index in [1.54, 1.807) is 0 Å². The normalized spacial score (nSPS) is 55.5. The van der Waals surface area contributed by atoms with Crippen molar-refractivity contribution in [2.75, 3.05) is 0 Å². The number of piperidine rings is 1. The van der Waals surface area contributed by atoms with Gasteiger partial charge in [0.25, 0.3) is 0 Å². The van der Waals surface area contributed by atoms with Gasteiger partial charge in [0.2, 0.25) is 5.91 Å². The van der Waals surface area contributed by atoms with Crippen LogP contribution in [0.15, 0.2) is 0 Å². The lowest BCUT2D eigenvalue weighted by Gasteiger charge is -2.71. The molecule has 0 bridgehead atoms. The zero-order valence-corrected chi connectivity index (χ0v) is 21.3. The Morgan fingerprint density at radius 2 is 1.30 bits per heavy atom. The van der Waals surface area contributed by atoms with Crippen molar-refractivity contribution >= 4 is 17.7 Å². The van der Waals surface area contributed by atoms with E-state index in [0.29, 0.717) is 36.0 Å². The summed E-state index contributed by atoms with van der Waals surface area (Å²) in [6, 6.07) is 3.30. The molecule has 3 nitrogen and oxygen atoms in total. The molecule has 0 spiro atoms. The van der Waals surface area contributed by atoms with Crippen LogP contribution in [0, 0.1) is 29.6 Å². The van der Waals surface area contributed by atoms with Crippen molar-refractivity contribution < 1.29 is 4.79 Å². The van der Waals surface area contributed by atoms with Crippen LogP contribution in [-0.4, -0.2) is 56.4 Å². The van der Waals surface area contributed by atoms with Gasteiger partial charge < -0.3 is 4.90 Å². The highest BCUT2D eigenvalue weighted by molar-refractivity contribution is 8.00. The summed E-state index contributed by atoms with van der Waals surface area (Å²) in [4.78, 5) is 20.1. The van der Waals surface area contributed by atoms with Crippen LogP contribution in [0.4, 0.5) is 0 Å². The predicted octanol–water partition coefficient (Wildman–Crippen LogP) is 5.86. The fraction of sp³-hybridized carbons (Fsp3) is 0.966. The summed E-state index contributed by atoms with van der Waals surface area (Å²) in [5.41, 5.74) is 0. The average molecular weight is 469 g/mol. The van der Waals surface area contributed by atoms with Crippen molar-refractivity contribution in [3.63, 3.8) is 0 Å². The Labute approximate surface area is 205 Å². The molecule has 12 unspecified atom stereocenters. The minimum absolute atomic E-state index is 0.382. The average Bonchev–Trinajstić information content (AvgIpc) is 2.87. The van der Waals surface area contributed by atoms with Crippen molar-refractivity contribution in [3.8, 4) is 0 Å². The van der Waals surface area contributed by atoms with Crippen LogP contribution in [0.3, 0.4) is 0 Å². The molecule has 1 amide bonds. The van der Waals surface area contributed by atoms with E-state index in [2.05, 4.69) is 21.6 Å². The van der Waals surface area contributed by atoms with Crippen molar-refractivity contribution in [1.82, 2.24) is 9.80 Å². The summed E-state index contributed by atoms with van der Waals surface area (Å²) >= 11 is 2.43. The van der Waals surface area contributed by atoms with Crippen molar-refractivity contribution in [2.45, 2.75) is 143 Å². The summed E-state index contributed by atoms with van der Waals surface area (Å²) in [7, 11) is 0. The number of nitrogens with zero attached hydrogens (tertiary/aromatic N) is 2. The summed E-state index contributed by atoms with van der Waals surface area (Å²) in [5.74, 6) is 4.51. The third-order valence-electron chi connectivity index (χ3n) is 12.3. The standard InChI is InChI=1S/C29H44N2OS/c32-29-21-10-4-3-9-19(21)20-11-5-12-22-26(20)31(29)23-13-6-14-24-28(23)30(22)27-18-8-2-1-7-17(18)15-16-25(27)33-24/h17-28H,1-16H2. The van der Waals surface area contributed by atoms with E-state index in [-0.39, 0.29) is 0 Å². The van der Waals surface area contributed by atoms with Gasteiger partial charge >= 0.3 is 0 Å². The third kappa shape index (κ3) is 2.89. The second-order valence-corrected chi connectivity index (χ2v) is 14.9. The Kier molecular flexibility index (Phi) is 5.00. The number of thioether (sulfide) groups is 1. The monoisotopic (exact) mass is 468 g/mol. The highest BCUT2D eigenvalue weighted by atomic mass is 32.2. The topological polar surface area (TPSA) is 23.6 Å². The highest BCUT2D eigenvalue weighted by Crippen LogP contribution is 2.59. The molecule has 33 heavy (non-hydrogen) atoms. The van der Waals surface area contributed by atoms with Crippen LogP contribution in [0.5, 0.6) is 0 Å². The summed E-state index contributed by atoms with van der Waals surface area (Å²) < 4.78 is 0. The van der Waals surface area contributed by atoms with Gasteiger partial charge in [-0.05, 0) is 81.5 Å². The zero-order valence-electron chi connectivity index (χ0n) is 20.5. The van der Waals surface area contributed by atoms with Gasteiger partial charge in [0.05, 0.1) is 6.04 Å². The van der Waals surface area contributed by atoms with Gasteiger partial charge in [-0.2, -0.15) is 11.8 Å². The number of fused-ring (bicyclic) bond motifs is 8. The molecule has 8 aliphatic rings. The molecule has 0 radical (unpaired) electrons. The van der Waals surface area contributed by atoms with Gasteiger partial charge in [-0.15, -0.1) is 0 Å². The lowest BCUT2D eigenvalue weighted by molar-refractivity contribution is -0.196. The van der Waals surface area contributed by atoms with E-state index in [1.807, 2.05) is 0 Å². The minimum Gasteiger partial charge on any atom is -0.333 e. The fourth-order valence-corrected chi connectivity index (χ4v) is 13.3. The van der Waals surface area contributed by atoms with Crippen LogP contribution in [0.25, 0.3) is 0 Å². The van der Waals surface area contributed by atoms with E-state index >= 15 is 0 Å². The minimum atomic E-state index is 0.382. The molecule has 8 rings (SSSR count). The first-order valence-electron chi connectivity index (χ1n) is 15.1. The summed E-state index contributed by atoms with van der Waals surface area (Å²) in [5, 5.41) is 1.68. The lowest BCUT2D eigenvalue weighted by Crippen LogP contribution is -2.81. The van der Waals surface area contributed by atoms with Crippen LogP contribution in [0.1, 0.15) is 103 Å². The molecular weight excluding hydrogens is 424 g/mol. The highest BCUT2D eigenvalue weighted by Gasteiger charge is 2.65. The van der Waals surface area contributed by atoms with Crippen LogP contribution in [0.2, 0.25) is 0 Å². The number of amides is 1. The van der Waals surface area contributed by atoms with Gasteiger partial charge in [0.15, 0.2) is 0 Å². The molecule has 5 aliphatic carbocycles. The van der Waals surface area contributed by atoms with Gasteiger partial charge in [0, 0.05) is 40.6 Å². The van der Waals surface area contributed by atoms with Gasteiger partial charge in [0.1, 0.15) is 0 Å². The number of rotatable bonds is 0. The molecule has 4 heteroatoms. The SMILES string of the molecule is O=C1C2CCCCC2C2CCCC3C2N1C1CCCC2SC4CCC5CCCCC5C4N3C21. The molecule has 0 N–H and O–H groups in total. The molecule has 3 heterocycles. The van der Waals surface area contributed by atoms with Gasteiger partial charge in [-0.3, -0.25) is 9.69 Å².